The number of aliphatic hydroxyl groups excluding tert-OH is 1. The maximum Gasteiger partial charge on any atom is 0.303 e. The standard InChI is InChI=1S/C16H30O4.C6H14O2/c17-15(18)13-11-9-7-5-3-1-2-4-6-8-10-12-14-16(19)20;1-2-3-4-5-6(7)8/h1-14H2,(H,17,18)(H,19,20);6-8H,2-5H2,1H3. The molecule has 0 fully saturated rings. The van der Waals surface area contributed by atoms with Gasteiger partial charge in [-0.3, -0.25) is 9.59 Å². The molecule has 0 radical (unpaired) electrons. The molecule has 168 valence electrons. The molecular formula is C22H44O6. The molecule has 0 aliphatic carbocycles. The van der Waals surface area contributed by atoms with Gasteiger partial charge in [0.25, 0.3) is 0 Å². The van der Waals surface area contributed by atoms with Crippen LogP contribution >= 0.6 is 0 Å². The minimum atomic E-state index is -1.10. The van der Waals surface area contributed by atoms with Crippen molar-refractivity contribution >= 4 is 11.9 Å². The van der Waals surface area contributed by atoms with E-state index in [0.717, 1.165) is 57.8 Å². The Balaban J connectivity index is 0. The molecule has 0 atom stereocenters. The smallest absolute Gasteiger partial charge is 0.303 e. The molecule has 6 heteroatoms. The topological polar surface area (TPSA) is 115 Å². The summed E-state index contributed by atoms with van der Waals surface area (Å²) in [5.41, 5.74) is 0. The summed E-state index contributed by atoms with van der Waals surface area (Å²) in [7, 11) is 0. The summed E-state index contributed by atoms with van der Waals surface area (Å²) in [5, 5.41) is 33.6. The molecule has 4 N–H and O–H groups in total. The van der Waals surface area contributed by atoms with Gasteiger partial charge in [-0.1, -0.05) is 84.0 Å². The largest absolute Gasteiger partial charge is 0.481 e. The molecule has 0 aliphatic rings. The van der Waals surface area contributed by atoms with Crippen molar-refractivity contribution in [2.75, 3.05) is 0 Å². The Morgan fingerprint density at radius 2 is 0.893 bits per heavy atom. The van der Waals surface area contributed by atoms with Crippen LogP contribution < -0.4 is 0 Å². The van der Waals surface area contributed by atoms with Gasteiger partial charge in [0.1, 0.15) is 0 Å². The molecule has 0 heterocycles. The van der Waals surface area contributed by atoms with E-state index in [2.05, 4.69) is 6.92 Å². The normalized spacial score (nSPS) is 10.6. The Morgan fingerprint density at radius 1 is 0.571 bits per heavy atom. The van der Waals surface area contributed by atoms with Crippen LogP contribution in [0.5, 0.6) is 0 Å². The van der Waals surface area contributed by atoms with Gasteiger partial charge in [0.2, 0.25) is 0 Å². The van der Waals surface area contributed by atoms with Crippen LogP contribution in [0.25, 0.3) is 0 Å². The average molecular weight is 405 g/mol. The van der Waals surface area contributed by atoms with Gasteiger partial charge in [-0.15, -0.1) is 0 Å². The summed E-state index contributed by atoms with van der Waals surface area (Å²) in [6.07, 6.45) is 16.7. The van der Waals surface area contributed by atoms with Crippen molar-refractivity contribution in [2.45, 2.75) is 129 Å². The maximum absolute atomic E-state index is 10.3. The van der Waals surface area contributed by atoms with Crippen LogP contribution in [0, 0.1) is 0 Å². The SMILES string of the molecule is CCCCCC(O)O.O=C(O)CCCCCCCCCCCCCCC(=O)O. The highest BCUT2D eigenvalue weighted by molar-refractivity contribution is 5.66. The van der Waals surface area contributed by atoms with Crippen LogP contribution in [0.3, 0.4) is 0 Å². The molecule has 28 heavy (non-hydrogen) atoms. The fraction of sp³-hybridized carbons (Fsp3) is 0.909. The van der Waals surface area contributed by atoms with Crippen LogP contribution in [0.4, 0.5) is 0 Å². The van der Waals surface area contributed by atoms with Crippen molar-refractivity contribution in [3.63, 3.8) is 0 Å². The number of carboxylic acid groups (broad SMARTS) is 2. The van der Waals surface area contributed by atoms with Crippen LogP contribution in [-0.2, 0) is 9.59 Å². The van der Waals surface area contributed by atoms with Gasteiger partial charge in [0.05, 0.1) is 0 Å². The van der Waals surface area contributed by atoms with E-state index in [1.54, 1.807) is 0 Å². The fourth-order valence-electron chi connectivity index (χ4n) is 2.90. The van der Waals surface area contributed by atoms with Gasteiger partial charge in [-0.2, -0.15) is 0 Å². The summed E-state index contributed by atoms with van der Waals surface area (Å²) in [6, 6.07) is 0. The van der Waals surface area contributed by atoms with Gasteiger partial charge in [0, 0.05) is 12.8 Å². The van der Waals surface area contributed by atoms with E-state index in [9.17, 15) is 9.59 Å². The lowest BCUT2D eigenvalue weighted by molar-refractivity contribution is -0.138. The number of hydrogen-bond donors (Lipinski definition) is 4. The maximum atomic E-state index is 10.3. The second kappa shape index (κ2) is 23.9. The number of aliphatic carboxylic acids is 2. The molecule has 0 aliphatic heterocycles. The zero-order chi connectivity index (χ0) is 21.5. The quantitative estimate of drug-likeness (QED) is 0.167. The summed E-state index contributed by atoms with van der Waals surface area (Å²) in [4.78, 5) is 20.6. The van der Waals surface area contributed by atoms with Gasteiger partial charge >= 0.3 is 11.9 Å². The molecule has 6 nitrogen and oxygen atoms in total. The third-order valence-corrected chi connectivity index (χ3v) is 4.60. The highest BCUT2D eigenvalue weighted by atomic mass is 16.5. The van der Waals surface area contributed by atoms with E-state index in [4.69, 9.17) is 20.4 Å². The second-order valence-electron chi connectivity index (χ2n) is 7.51. The number of unbranched alkanes of at least 4 members (excludes halogenated alkanes) is 13. The van der Waals surface area contributed by atoms with E-state index in [1.165, 1.54) is 38.5 Å². The first-order valence-electron chi connectivity index (χ1n) is 11.2. The second-order valence-corrected chi connectivity index (χ2v) is 7.51. The molecular weight excluding hydrogens is 360 g/mol. The molecule has 0 spiro atoms. The van der Waals surface area contributed by atoms with Crippen molar-refractivity contribution < 1.29 is 30.0 Å². The number of carboxylic acids is 2. The Labute approximate surface area is 171 Å². The zero-order valence-corrected chi connectivity index (χ0v) is 17.9. The fourth-order valence-corrected chi connectivity index (χ4v) is 2.90. The van der Waals surface area contributed by atoms with E-state index < -0.39 is 18.2 Å². The Bertz CT molecular complexity index is 318. The van der Waals surface area contributed by atoms with Crippen LogP contribution in [0.15, 0.2) is 0 Å². The molecule has 0 saturated heterocycles. The van der Waals surface area contributed by atoms with E-state index in [0.29, 0.717) is 19.3 Å². The number of hydrogen-bond acceptors (Lipinski definition) is 4. The molecule has 0 amide bonds. The molecule has 0 aromatic carbocycles. The molecule has 0 unspecified atom stereocenters. The van der Waals surface area contributed by atoms with Gasteiger partial charge in [0.15, 0.2) is 6.29 Å². The zero-order valence-electron chi connectivity index (χ0n) is 17.9. The van der Waals surface area contributed by atoms with E-state index in [-0.39, 0.29) is 0 Å². The predicted molar refractivity (Wildman–Crippen MR) is 112 cm³/mol. The van der Waals surface area contributed by atoms with Gasteiger partial charge < -0.3 is 20.4 Å². The lowest BCUT2D eigenvalue weighted by Crippen LogP contribution is -2.02. The number of rotatable bonds is 19. The van der Waals surface area contributed by atoms with Crippen molar-refractivity contribution in [1.29, 1.82) is 0 Å². The van der Waals surface area contributed by atoms with Crippen LogP contribution in [-0.4, -0.2) is 38.7 Å². The lowest BCUT2D eigenvalue weighted by atomic mass is 10.0. The Kier molecular flexibility index (Phi) is 24.8. The predicted octanol–water partition coefficient (Wildman–Crippen LogP) is 5.49. The number of aliphatic hydroxyl groups is 2. The molecule has 0 rings (SSSR count). The molecule has 0 aromatic heterocycles. The highest BCUT2D eigenvalue weighted by Crippen LogP contribution is 2.12. The monoisotopic (exact) mass is 404 g/mol. The third kappa shape index (κ3) is 32.5. The molecule has 0 bridgehead atoms. The Hall–Kier alpha value is -1.14. The first-order chi connectivity index (χ1) is 13.4. The summed E-state index contributed by atoms with van der Waals surface area (Å²) in [6.45, 7) is 2.09. The van der Waals surface area contributed by atoms with Crippen molar-refractivity contribution in [2.24, 2.45) is 0 Å². The molecule has 0 saturated carbocycles. The van der Waals surface area contributed by atoms with Gasteiger partial charge in [-0.05, 0) is 25.7 Å². The minimum Gasteiger partial charge on any atom is -0.481 e. The van der Waals surface area contributed by atoms with Crippen molar-refractivity contribution in [3.05, 3.63) is 0 Å². The lowest BCUT2D eigenvalue weighted by Gasteiger charge is -2.02. The van der Waals surface area contributed by atoms with Crippen LogP contribution in [0.2, 0.25) is 0 Å². The summed E-state index contributed by atoms with van der Waals surface area (Å²) < 4.78 is 0. The average Bonchev–Trinajstić information content (AvgIpc) is 2.62. The highest BCUT2D eigenvalue weighted by Gasteiger charge is 1.98. The first kappa shape index (κ1) is 29.1. The van der Waals surface area contributed by atoms with E-state index >= 15 is 0 Å². The molecule has 0 aromatic rings. The first-order valence-corrected chi connectivity index (χ1v) is 11.2. The van der Waals surface area contributed by atoms with Crippen molar-refractivity contribution in [3.8, 4) is 0 Å². The van der Waals surface area contributed by atoms with Crippen molar-refractivity contribution in [1.82, 2.24) is 0 Å². The number of carbonyl (C=O) groups is 2. The van der Waals surface area contributed by atoms with E-state index in [1.807, 2.05) is 0 Å². The third-order valence-electron chi connectivity index (χ3n) is 4.60. The Morgan fingerprint density at radius 3 is 1.14 bits per heavy atom. The summed E-state index contributed by atoms with van der Waals surface area (Å²) >= 11 is 0. The minimum absolute atomic E-state index is 0.307. The summed E-state index contributed by atoms with van der Waals surface area (Å²) in [5.74, 6) is -1.37. The van der Waals surface area contributed by atoms with Crippen LogP contribution in [0.1, 0.15) is 122 Å². The van der Waals surface area contributed by atoms with Gasteiger partial charge in [-0.25, -0.2) is 0 Å².